The maximum Gasteiger partial charge on any atom is 0.420 e. The second-order valence-corrected chi connectivity index (χ2v) is 4.33. The summed E-state index contributed by atoms with van der Waals surface area (Å²) < 4.78 is 43.2. The van der Waals surface area contributed by atoms with E-state index in [-0.39, 0.29) is 35.6 Å². The van der Waals surface area contributed by atoms with E-state index in [1.807, 2.05) is 0 Å². The van der Waals surface area contributed by atoms with Gasteiger partial charge in [-0.05, 0) is 30.5 Å². The lowest BCUT2D eigenvalue weighted by atomic mass is 10.0. The molecule has 0 aromatic heterocycles. The number of aliphatic carboxylic acids is 1. The molecule has 1 aromatic carbocycles. The van der Waals surface area contributed by atoms with Gasteiger partial charge in [-0.2, -0.15) is 13.2 Å². The van der Waals surface area contributed by atoms with Crippen LogP contribution < -0.4 is 4.74 Å². The summed E-state index contributed by atoms with van der Waals surface area (Å²) in [4.78, 5) is 10.4. The molecule has 0 radical (unpaired) electrons. The Labute approximate surface area is 112 Å². The zero-order valence-corrected chi connectivity index (χ0v) is 10.8. The Kier molecular flexibility index (Phi) is 5.05. The molecule has 0 heterocycles. The van der Waals surface area contributed by atoms with E-state index in [4.69, 9.17) is 21.4 Å². The van der Waals surface area contributed by atoms with Crippen LogP contribution in [0.2, 0.25) is 5.02 Å². The summed E-state index contributed by atoms with van der Waals surface area (Å²) >= 11 is 5.65. The van der Waals surface area contributed by atoms with Crippen LogP contribution in [0.5, 0.6) is 5.75 Å². The van der Waals surface area contributed by atoms with E-state index in [1.54, 1.807) is 0 Å². The van der Waals surface area contributed by atoms with Gasteiger partial charge in [-0.1, -0.05) is 11.6 Å². The van der Waals surface area contributed by atoms with Crippen molar-refractivity contribution in [3.63, 3.8) is 0 Å². The number of halogens is 4. The van der Waals surface area contributed by atoms with Crippen molar-refractivity contribution in [2.75, 3.05) is 7.11 Å². The first kappa shape index (κ1) is 15.6. The van der Waals surface area contributed by atoms with Gasteiger partial charge in [0.15, 0.2) is 0 Å². The second kappa shape index (κ2) is 6.14. The van der Waals surface area contributed by atoms with E-state index < -0.39 is 17.7 Å². The maximum atomic E-state index is 12.8. The normalized spacial score (nSPS) is 11.4. The monoisotopic (exact) mass is 296 g/mol. The van der Waals surface area contributed by atoms with Crippen LogP contribution in [0.15, 0.2) is 12.1 Å². The molecule has 1 rings (SSSR count). The summed E-state index contributed by atoms with van der Waals surface area (Å²) in [5.74, 6) is -1.31. The number of benzene rings is 1. The number of aryl methyl sites for hydroxylation is 1. The predicted octanol–water partition coefficient (Wildman–Crippen LogP) is 3.77. The van der Waals surface area contributed by atoms with Gasteiger partial charge in [-0.25, -0.2) is 0 Å². The van der Waals surface area contributed by atoms with Crippen LogP contribution in [-0.4, -0.2) is 18.2 Å². The maximum absolute atomic E-state index is 12.8. The largest absolute Gasteiger partial charge is 0.496 e. The molecule has 106 valence electrons. The molecular weight excluding hydrogens is 285 g/mol. The van der Waals surface area contributed by atoms with Crippen molar-refractivity contribution in [3.8, 4) is 5.75 Å². The number of carboxylic acid groups (broad SMARTS) is 1. The Morgan fingerprint density at radius 1 is 1.42 bits per heavy atom. The number of hydrogen-bond donors (Lipinski definition) is 1. The molecule has 0 amide bonds. The number of carboxylic acids is 1. The number of rotatable bonds is 5. The molecule has 0 spiro atoms. The summed E-state index contributed by atoms with van der Waals surface area (Å²) in [6.07, 6.45) is -4.34. The highest BCUT2D eigenvalue weighted by atomic mass is 35.5. The topological polar surface area (TPSA) is 46.5 Å². The molecule has 1 aromatic rings. The van der Waals surface area contributed by atoms with E-state index in [1.165, 1.54) is 6.07 Å². The molecule has 0 atom stereocenters. The summed E-state index contributed by atoms with van der Waals surface area (Å²) in [5.41, 5.74) is -0.698. The van der Waals surface area contributed by atoms with E-state index in [2.05, 4.69) is 0 Å². The van der Waals surface area contributed by atoms with Crippen molar-refractivity contribution >= 4 is 17.6 Å². The average Bonchev–Trinajstić information content (AvgIpc) is 2.26. The third-order valence-corrected chi connectivity index (χ3v) is 2.70. The Morgan fingerprint density at radius 3 is 2.53 bits per heavy atom. The van der Waals surface area contributed by atoms with E-state index >= 15 is 0 Å². The van der Waals surface area contributed by atoms with Crippen molar-refractivity contribution in [1.82, 2.24) is 0 Å². The smallest absolute Gasteiger partial charge is 0.420 e. The van der Waals surface area contributed by atoms with Crippen molar-refractivity contribution in [1.29, 1.82) is 0 Å². The molecule has 0 aliphatic heterocycles. The van der Waals surface area contributed by atoms with Gasteiger partial charge in [0.05, 0.1) is 12.7 Å². The van der Waals surface area contributed by atoms with Gasteiger partial charge < -0.3 is 9.84 Å². The zero-order chi connectivity index (χ0) is 14.6. The van der Waals surface area contributed by atoms with Crippen molar-refractivity contribution in [3.05, 3.63) is 28.3 Å². The number of ether oxygens (including phenoxy) is 1. The van der Waals surface area contributed by atoms with Crippen LogP contribution in [-0.2, 0) is 17.4 Å². The predicted molar refractivity (Wildman–Crippen MR) is 63.6 cm³/mol. The Morgan fingerprint density at radius 2 is 2.05 bits per heavy atom. The molecule has 0 unspecified atom stereocenters. The zero-order valence-electron chi connectivity index (χ0n) is 10.1. The van der Waals surface area contributed by atoms with Gasteiger partial charge in [0.1, 0.15) is 5.75 Å². The molecule has 0 fully saturated rings. The average molecular weight is 297 g/mol. The van der Waals surface area contributed by atoms with E-state index in [0.717, 1.165) is 13.2 Å². The Balaban J connectivity index is 3.09. The number of carbonyl (C=O) groups is 1. The van der Waals surface area contributed by atoms with Gasteiger partial charge in [0.2, 0.25) is 0 Å². The first-order chi connectivity index (χ1) is 8.75. The van der Waals surface area contributed by atoms with Gasteiger partial charge in [0.25, 0.3) is 0 Å². The van der Waals surface area contributed by atoms with Crippen molar-refractivity contribution in [2.24, 2.45) is 0 Å². The molecule has 0 saturated heterocycles. The minimum atomic E-state index is -4.57. The molecule has 0 saturated carbocycles. The van der Waals surface area contributed by atoms with Gasteiger partial charge in [-0.15, -0.1) is 0 Å². The van der Waals surface area contributed by atoms with Crippen molar-refractivity contribution in [2.45, 2.75) is 25.4 Å². The van der Waals surface area contributed by atoms with Crippen LogP contribution >= 0.6 is 11.6 Å². The summed E-state index contributed by atoms with van der Waals surface area (Å²) in [7, 11) is 1.14. The fraction of sp³-hybridized carbons (Fsp3) is 0.417. The third-order valence-electron chi connectivity index (χ3n) is 2.48. The molecular formula is C12H12ClF3O3. The van der Waals surface area contributed by atoms with Gasteiger partial charge in [-0.3, -0.25) is 4.79 Å². The molecule has 3 nitrogen and oxygen atoms in total. The number of methoxy groups -OCH3 is 1. The highest BCUT2D eigenvalue weighted by molar-refractivity contribution is 6.30. The molecule has 0 aliphatic rings. The Hall–Kier alpha value is -1.43. The second-order valence-electron chi connectivity index (χ2n) is 3.89. The number of hydrogen-bond acceptors (Lipinski definition) is 2. The van der Waals surface area contributed by atoms with E-state index in [9.17, 15) is 18.0 Å². The van der Waals surface area contributed by atoms with Crippen LogP contribution in [0, 0.1) is 0 Å². The van der Waals surface area contributed by atoms with Crippen LogP contribution in [0.1, 0.15) is 24.0 Å². The molecule has 0 aliphatic carbocycles. The van der Waals surface area contributed by atoms with Crippen LogP contribution in [0.25, 0.3) is 0 Å². The quantitative estimate of drug-likeness (QED) is 0.899. The minimum Gasteiger partial charge on any atom is -0.496 e. The first-order valence-electron chi connectivity index (χ1n) is 5.41. The summed E-state index contributed by atoms with van der Waals surface area (Å²) in [6, 6.07) is 2.15. The lowest BCUT2D eigenvalue weighted by Crippen LogP contribution is -2.09. The third kappa shape index (κ3) is 4.31. The van der Waals surface area contributed by atoms with Crippen LogP contribution in [0.3, 0.4) is 0 Å². The highest BCUT2D eigenvalue weighted by Gasteiger charge is 2.35. The SMILES string of the molecule is COc1c(CCCC(=O)O)cc(Cl)cc1C(F)(F)F. The number of alkyl halides is 3. The Bertz CT molecular complexity index is 472. The van der Waals surface area contributed by atoms with E-state index in [0.29, 0.717) is 0 Å². The highest BCUT2D eigenvalue weighted by Crippen LogP contribution is 2.40. The lowest BCUT2D eigenvalue weighted by Gasteiger charge is -2.16. The van der Waals surface area contributed by atoms with Gasteiger partial charge in [0, 0.05) is 11.4 Å². The minimum absolute atomic E-state index is 0.0570. The molecule has 19 heavy (non-hydrogen) atoms. The fourth-order valence-corrected chi connectivity index (χ4v) is 1.96. The first-order valence-corrected chi connectivity index (χ1v) is 5.79. The standard InChI is InChI=1S/C12H12ClF3O3/c1-19-11-7(3-2-4-10(17)18)5-8(13)6-9(11)12(14,15)16/h5-6H,2-4H2,1H3,(H,17,18). The van der Waals surface area contributed by atoms with Crippen molar-refractivity contribution < 1.29 is 27.8 Å². The lowest BCUT2D eigenvalue weighted by molar-refractivity contribution is -0.139. The van der Waals surface area contributed by atoms with Gasteiger partial charge >= 0.3 is 12.1 Å². The molecule has 1 N–H and O–H groups in total. The molecule has 0 bridgehead atoms. The summed E-state index contributed by atoms with van der Waals surface area (Å²) in [5, 5.41) is 8.46. The van der Waals surface area contributed by atoms with Crippen LogP contribution in [0.4, 0.5) is 13.2 Å². The molecule has 7 heteroatoms. The summed E-state index contributed by atoms with van der Waals surface area (Å²) in [6.45, 7) is 0. The fourth-order valence-electron chi connectivity index (χ4n) is 1.72.